The number of amides is 1. The molecule has 0 aliphatic carbocycles. The Kier molecular flexibility index (Phi) is 5.55. The molecular weight excluding hydrogens is 386 g/mol. The first kappa shape index (κ1) is 18.5. The Bertz CT molecular complexity index is 1050. The number of hydrogen-bond donors (Lipinski definition) is 1. The zero-order valence-electron chi connectivity index (χ0n) is 14.9. The molecule has 28 heavy (non-hydrogen) atoms. The van der Waals surface area contributed by atoms with E-state index >= 15 is 0 Å². The molecule has 3 nitrogen and oxygen atoms in total. The summed E-state index contributed by atoms with van der Waals surface area (Å²) in [4.78, 5) is 12.7. The lowest BCUT2D eigenvalue weighted by atomic mass is 10.0. The van der Waals surface area contributed by atoms with Crippen molar-refractivity contribution in [3.8, 4) is 16.9 Å². The van der Waals surface area contributed by atoms with Gasteiger partial charge in [-0.25, -0.2) is 0 Å². The van der Waals surface area contributed by atoms with Crippen molar-refractivity contribution in [3.63, 3.8) is 0 Å². The molecule has 3 aromatic carbocycles. The molecule has 1 amide bonds. The second-order valence-electron chi connectivity index (χ2n) is 6.25. The van der Waals surface area contributed by atoms with E-state index in [0.29, 0.717) is 15.8 Å². The number of benzene rings is 3. The zero-order valence-corrected chi connectivity index (χ0v) is 16.6. The van der Waals surface area contributed by atoms with Crippen LogP contribution in [0.1, 0.15) is 11.1 Å². The topological polar surface area (TPSA) is 38.3 Å². The van der Waals surface area contributed by atoms with Crippen LogP contribution in [0.5, 0.6) is 5.75 Å². The minimum Gasteiger partial charge on any atom is -0.488 e. The van der Waals surface area contributed by atoms with E-state index in [1.165, 1.54) is 11.8 Å². The van der Waals surface area contributed by atoms with Crippen molar-refractivity contribution in [1.82, 2.24) is 5.32 Å². The second-order valence-corrected chi connectivity index (χ2v) is 7.96. The molecule has 3 aromatic rings. The molecule has 138 valence electrons. The number of hydrogen-bond acceptors (Lipinski definition) is 4. The third-order valence-electron chi connectivity index (χ3n) is 4.28. The summed E-state index contributed by atoms with van der Waals surface area (Å²) in [5.74, 6) is 0.552. The van der Waals surface area contributed by atoms with Gasteiger partial charge in [0.05, 0.1) is 4.91 Å². The normalized spacial score (nSPS) is 14.9. The lowest BCUT2D eigenvalue weighted by molar-refractivity contribution is -0.115. The monoisotopic (exact) mass is 403 g/mol. The van der Waals surface area contributed by atoms with E-state index in [-0.39, 0.29) is 5.91 Å². The summed E-state index contributed by atoms with van der Waals surface area (Å²) in [5.41, 5.74) is 4.10. The van der Waals surface area contributed by atoms with Gasteiger partial charge in [-0.2, -0.15) is 0 Å². The number of carbonyl (C=O) groups excluding carboxylic acids is 1. The van der Waals surface area contributed by atoms with Crippen LogP contribution in [-0.4, -0.2) is 10.2 Å². The smallest absolute Gasteiger partial charge is 0.263 e. The largest absolute Gasteiger partial charge is 0.488 e. The fourth-order valence-electron chi connectivity index (χ4n) is 2.90. The molecule has 1 saturated heterocycles. The van der Waals surface area contributed by atoms with E-state index in [0.717, 1.165) is 28.0 Å². The molecule has 1 fully saturated rings. The number of thioether (sulfide) groups is 1. The van der Waals surface area contributed by atoms with Gasteiger partial charge in [-0.05, 0) is 34.9 Å². The summed E-state index contributed by atoms with van der Waals surface area (Å²) >= 11 is 6.37. The van der Waals surface area contributed by atoms with Crippen molar-refractivity contribution in [2.45, 2.75) is 6.61 Å². The molecule has 1 aliphatic heterocycles. The Morgan fingerprint density at radius 3 is 2.32 bits per heavy atom. The Morgan fingerprint density at radius 1 is 0.929 bits per heavy atom. The lowest BCUT2D eigenvalue weighted by Gasteiger charge is -2.12. The Morgan fingerprint density at radius 2 is 1.64 bits per heavy atom. The highest BCUT2D eigenvalue weighted by molar-refractivity contribution is 8.26. The number of ether oxygens (including phenoxy) is 1. The van der Waals surface area contributed by atoms with Crippen LogP contribution in [0.15, 0.2) is 83.8 Å². The second kappa shape index (κ2) is 8.42. The molecule has 0 radical (unpaired) electrons. The first-order chi connectivity index (χ1) is 13.7. The van der Waals surface area contributed by atoms with Gasteiger partial charge in [-0.3, -0.25) is 4.79 Å². The van der Waals surface area contributed by atoms with Gasteiger partial charge in [0.15, 0.2) is 0 Å². The van der Waals surface area contributed by atoms with Crippen molar-refractivity contribution in [2.75, 3.05) is 0 Å². The average molecular weight is 404 g/mol. The molecule has 5 heteroatoms. The molecule has 0 atom stereocenters. The van der Waals surface area contributed by atoms with E-state index in [9.17, 15) is 4.79 Å². The van der Waals surface area contributed by atoms with Crippen LogP contribution in [-0.2, 0) is 11.4 Å². The van der Waals surface area contributed by atoms with Gasteiger partial charge >= 0.3 is 0 Å². The van der Waals surface area contributed by atoms with Gasteiger partial charge in [-0.1, -0.05) is 90.7 Å². The van der Waals surface area contributed by atoms with Crippen LogP contribution in [0.3, 0.4) is 0 Å². The van der Waals surface area contributed by atoms with Crippen molar-refractivity contribution in [1.29, 1.82) is 0 Å². The Hall–Kier alpha value is -2.89. The predicted molar refractivity (Wildman–Crippen MR) is 119 cm³/mol. The van der Waals surface area contributed by atoms with Gasteiger partial charge in [0.2, 0.25) is 0 Å². The van der Waals surface area contributed by atoms with Gasteiger partial charge in [0.1, 0.15) is 16.7 Å². The highest BCUT2D eigenvalue weighted by atomic mass is 32.2. The van der Waals surface area contributed by atoms with Crippen LogP contribution >= 0.6 is 24.0 Å². The fraction of sp³-hybridized carbons (Fsp3) is 0.0435. The first-order valence-corrected chi connectivity index (χ1v) is 10.0. The molecule has 0 aromatic heterocycles. The number of rotatable bonds is 5. The standard InChI is InChI=1S/C23H17NO2S2/c25-22-21(28-23(27)24-22)14-19-13-18(17-9-5-2-6-10-17)11-12-20(19)26-15-16-7-3-1-4-8-16/h1-14H,15H2,(H,24,25,27)/b21-14-. The third kappa shape index (κ3) is 4.32. The summed E-state index contributed by atoms with van der Waals surface area (Å²) < 4.78 is 6.54. The highest BCUT2D eigenvalue weighted by Gasteiger charge is 2.22. The lowest BCUT2D eigenvalue weighted by Crippen LogP contribution is -2.17. The maximum Gasteiger partial charge on any atom is 0.263 e. The third-order valence-corrected chi connectivity index (χ3v) is 5.45. The summed E-state index contributed by atoms with van der Waals surface area (Å²) in [6, 6.07) is 26.1. The average Bonchev–Trinajstić information content (AvgIpc) is 3.05. The van der Waals surface area contributed by atoms with Crippen LogP contribution in [0.25, 0.3) is 17.2 Å². The predicted octanol–water partition coefficient (Wildman–Crippen LogP) is 5.42. The van der Waals surface area contributed by atoms with Gasteiger partial charge in [0, 0.05) is 5.56 Å². The molecule has 0 spiro atoms. The van der Waals surface area contributed by atoms with E-state index in [1.807, 2.05) is 72.8 Å². The molecule has 4 rings (SSSR count). The Labute approximate surface area is 173 Å². The molecule has 0 saturated carbocycles. The van der Waals surface area contributed by atoms with Gasteiger partial charge in [0.25, 0.3) is 5.91 Å². The molecular formula is C23H17NO2S2. The molecule has 1 heterocycles. The van der Waals surface area contributed by atoms with Crippen molar-refractivity contribution >= 4 is 40.3 Å². The fourth-order valence-corrected chi connectivity index (χ4v) is 3.94. The highest BCUT2D eigenvalue weighted by Crippen LogP contribution is 2.32. The SMILES string of the molecule is O=C1NC(=S)S/C1=C\c1cc(-c2ccccc2)ccc1OCc1ccccc1. The van der Waals surface area contributed by atoms with E-state index < -0.39 is 0 Å². The summed E-state index contributed by atoms with van der Waals surface area (Å²) in [5, 5.41) is 2.66. The number of nitrogens with one attached hydrogen (secondary N) is 1. The van der Waals surface area contributed by atoms with Gasteiger partial charge < -0.3 is 10.1 Å². The van der Waals surface area contributed by atoms with Crippen LogP contribution in [0, 0.1) is 0 Å². The Balaban J connectivity index is 1.69. The van der Waals surface area contributed by atoms with Crippen molar-refractivity contribution in [2.24, 2.45) is 0 Å². The van der Waals surface area contributed by atoms with Crippen molar-refractivity contribution < 1.29 is 9.53 Å². The zero-order chi connectivity index (χ0) is 19.3. The number of carbonyl (C=O) groups is 1. The van der Waals surface area contributed by atoms with Crippen LogP contribution in [0.2, 0.25) is 0 Å². The minimum atomic E-state index is -0.172. The van der Waals surface area contributed by atoms with Crippen LogP contribution < -0.4 is 10.1 Å². The quantitative estimate of drug-likeness (QED) is 0.456. The molecule has 1 N–H and O–H groups in total. The number of thiocarbonyl (C=S) groups is 1. The minimum absolute atomic E-state index is 0.172. The van der Waals surface area contributed by atoms with Gasteiger partial charge in [-0.15, -0.1) is 0 Å². The first-order valence-electron chi connectivity index (χ1n) is 8.80. The summed E-state index contributed by atoms with van der Waals surface area (Å²) in [6.07, 6.45) is 1.84. The summed E-state index contributed by atoms with van der Waals surface area (Å²) in [6.45, 7) is 0.458. The maximum absolute atomic E-state index is 12.1. The summed E-state index contributed by atoms with van der Waals surface area (Å²) in [7, 11) is 0. The maximum atomic E-state index is 12.1. The van der Waals surface area contributed by atoms with Crippen LogP contribution in [0.4, 0.5) is 0 Å². The van der Waals surface area contributed by atoms with E-state index in [4.69, 9.17) is 17.0 Å². The van der Waals surface area contributed by atoms with E-state index in [2.05, 4.69) is 17.4 Å². The van der Waals surface area contributed by atoms with E-state index in [1.54, 1.807) is 0 Å². The van der Waals surface area contributed by atoms with Crippen molar-refractivity contribution in [3.05, 3.63) is 94.9 Å². The molecule has 1 aliphatic rings. The molecule has 0 unspecified atom stereocenters. The molecule has 0 bridgehead atoms.